The van der Waals surface area contributed by atoms with Gasteiger partial charge in [0.15, 0.2) is 17.3 Å². The van der Waals surface area contributed by atoms with E-state index in [1.54, 1.807) is 36.4 Å². The Morgan fingerprint density at radius 3 is 2.07 bits per heavy atom. The van der Waals surface area contributed by atoms with Crippen LogP contribution in [-0.2, 0) is 45.2 Å². The van der Waals surface area contributed by atoms with Crippen molar-refractivity contribution < 1.29 is 169 Å². The van der Waals surface area contributed by atoms with E-state index in [1.807, 2.05) is 0 Å². The van der Waals surface area contributed by atoms with Gasteiger partial charge in [-0.25, -0.2) is 0 Å². The summed E-state index contributed by atoms with van der Waals surface area (Å²) in [6.07, 6.45) is 0. The van der Waals surface area contributed by atoms with Crippen LogP contribution in [-0.4, -0.2) is 26.1 Å². The minimum absolute atomic E-state index is 0. The van der Waals surface area contributed by atoms with Gasteiger partial charge in [0.2, 0.25) is 11.9 Å². The second-order valence-electron chi connectivity index (χ2n) is 10.3. The molecular weight excluding hydrogens is 932 g/mol. The summed E-state index contributed by atoms with van der Waals surface area (Å²) in [5.74, 6) is -3.34. The van der Waals surface area contributed by atoms with Gasteiger partial charge in [-0.3, -0.25) is 25.2 Å². The topological polar surface area (TPSA) is 257 Å². The molecule has 0 aliphatic heterocycles. The maximum absolute atomic E-state index is 14.8. The van der Waals surface area contributed by atoms with E-state index < -0.39 is 28.4 Å². The number of azo groups is 1. The number of phenols is 2. The van der Waals surface area contributed by atoms with Crippen molar-refractivity contribution >= 4 is 104 Å². The third-order valence-corrected chi connectivity index (χ3v) is 9.25. The summed E-state index contributed by atoms with van der Waals surface area (Å²) < 4.78 is 28.0. The van der Waals surface area contributed by atoms with E-state index in [-0.39, 0.29) is 155 Å². The van der Waals surface area contributed by atoms with Gasteiger partial charge in [0.05, 0.1) is 45.9 Å². The molecule has 6 aromatic rings. The van der Waals surface area contributed by atoms with Crippen LogP contribution >= 0.6 is 47.7 Å². The SMILES string of the molecule is O=C(Nc1nc(F)c(Cl)c(Nc2ccc3cc(SOO[O-])c(N=Nc4c(O)c(SOO[O-])cc5cc(SOO[O-])ccc45)c(O)c3c2)n1)c1ccccc1.[Cu].[Na+].[Na+].[Na+]. The molecule has 0 spiro atoms. The number of rotatable bonds is 15. The predicted molar refractivity (Wildman–Crippen MR) is 184 cm³/mol. The summed E-state index contributed by atoms with van der Waals surface area (Å²) in [4.78, 5) is 20.7. The van der Waals surface area contributed by atoms with E-state index in [4.69, 9.17) is 11.6 Å². The Labute approximate surface area is 420 Å². The number of halogens is 2. The first-order valence-electron chi connectivity index (χ1n) is 14.5. The van der Waals surface area contributed by atoms with Gasteiger partial charge in [-0.05, 0) is 59.3 Å². The van der Waals surface area contributed by atoms with Crippen molar-refractivity contribution in [3.63, 3.8) is 0 Å². The summed E-state index contributed by atoms with van der Waals surface area (Å²) >= 11 is 7.49. The number of hydrogen-bond acceptors (Lipinski definition) is 20. The smallest absolute Gasteiger partial charge is 0.691 e. The van der Waals surface area contributed by atoms with Crippen molar-refractivity contribution in [3.8, 4) is 11.5 Å². The number of phenolic OH excluding ortho intramolecular Hbond substituents is 2. The Hall–Kier alpha value is -1.40. The molecule has 0 fully saturated rings. The summed E-state index contributed by atoms with van der Waals surface area (Å²) in [5.41, 5.74) is 0.0632. The molecule has 58 heavy (non-hydrogen) atoms. The number of hydrogen-bond donors (Lipinski definition) is 4. The van der Waals surface area contributed by atoms with Crippen molar-refractivity contribution in [2.45, 2.75) is 14.7 Å². The number of benzene rings is 5. The number of carbonyl (C=O) groups is 1. The second-order valence-corrected chi connectivity index (χ2v) is 12.9. The van der Waals surface area contributed by atoms with Gasteiger partial charge in [-0.15, -0.1) is 10.2 Å². The number of fused-ring (bicyclic) bond motifs is 2. The number of aromatic hydroxyl groups is 2. The average Bonchev–Trinajstić information content (AvgIpc) is 3.18. The molecule has 1 aromatic heterocycles. The van der Waals surface area contributed by atoms with Crippen molar-refractivity contribution in [3.05, 3.63) is 95.4 Å². The van der Waals surface area contributed by atoms with Gasteiger partial charge >= 0.3 is 88.7 Å². The molecule has 4 N–H and O–H groups in total. The van der Waals surface area contributed by atoms with Gasteiger partial charge in [0.25, 0.3) is 5.91 Å². The fourth-order valence-electron chi connectivity index (χ4n) is 4.84. The minimum Gasteiger partial charge on any atom is -0.691 e. The molecule has 0 bridgehead atoms. The molecule has 0 unspecified atom stereocenters. The van der Waals surface area contributed by atoms with Crippen LogP contribution in [0.2, 0.25) is 5.02 Å². The Bertz CT molecular complexity index is 2390. The van der Waals surface area contributed by atoms with Crippen LogP contribution in [0.15, 0.2) is 104 Å². The molecule has 5 aromatic carbocycles. The molecule has 0 aliphatic carbocycles. The third kappa shape index (κ3) is 13.1. The van der Waals surface area contributed by atoms with Crippen molar-refractivity contribution in [2.24, 2.45) is 10.2 Å². The average molecular weight is 949 g/mol. The molecule has 1 amide bonds. The first kappa shape index (κ1) is 52.7. The Balaban J connectivity index is 0.00000290. The van der Waals surface area contributed by atoms with Crippen LogP contribution in [0.1, 0.15) is 10.4 Å². The van der Waals surface area contributed by atoms with Crippen LogP contribution < -0.4 is 115 Å². The molecule has 0 saturated carbocycles. The van der Waals surface area contributed by atoms with E-state index in [0.717, 1.165) is 0 Å². The van der Waals surface area contributed by atoms with Crippen molar-refractivity contribution in [1.29, 1.82) is 0 Å². The summed E-state index contributed by atoms with van der Waals surface area (Å²) in [6.45, 7) is 0. The van der Waals surface area contributed by atoms with Gasteiger partial charge in [0, 0.05) is 44.0 Å². The molecule has 289 valence electrons. The van der Waals surface area contributed by atoms with E-state index >= 15 is 0 Å². The van der Waals surface area contributed by atoms with Gasteiger partial charge in [0.1, 0.15) is 16.4 Å². The Kier molecular flexibility index (Phi) is 23.2. The van der Waals surface area contributed by atoms with Crippen LogP contribution in [0, 0.1) is 5.95 Å². The number of nitrogens with one attached hydrogen (secondary N) is 2. The molecular formula is C31H17ClCuFN6Na3O12S3. The predicted octanol–water partition coefficient (Wildman–Crippen LogP) is -2.90. The fourth-order valence-corrected chi connectivity index (χ4v) is 6.32. The zero-order valence-electron chi connectivity index (χ0n) is 29.6. The van der Waals surface area contributed by atoms with E-state index in [9.17, 15) is 35.2 Å². The Morgan fingerprint density at radius 2 is 1.38 bits per heavy atom. The van der Waals surface area contributed by atoms with Crippen LogP contribution in [0.5, 0.6) is 11.5 Å². The van der Waals surface area contributed by atoms with Gasteiger partial charge < -0.3 is 31.3 Å². The number of nitrogens with zero attached hydrogens (tertiary/aromatic N) is 4. The zero-order valence-corrected chi connectivity index (χ0v) is 39.7. The fraction of sp³-hybridized carbons (Fsp3) is 0. The van der Waals surface area contributed by atoms with Crippen LogP contribution in [0.3, 0.4) is 0 Å². The van der Waals surface area contributed by atoms with Crippen molar-refractivity contribution in [2.75, 3.05) is 10.6 Å². The number of aromatic nitrogens is 2. The van der Waals surface area contributed by atoms with E-state index in [1.165, 1.54) is 42.5 Å². The summed E-state index contributed by atoms with van der Waals surface area (Å²) in [6, 6.07) is 20.0. The Morgan fingerprint density at radius 1 is 0.741 bits per heavy atom. The molecule has 1 radical (unpaired) electrons. The number of carbonyl (C=O) groups excluding carboxylic acids is 1. The normalized spacial score (nSPS) is 10.7. The maximum Gasteiger partial charge on any atom is 1.00 e. The van der Waals surface area contributed by atoms with Gasteiger partial charge in [-0.1, -0.05) is 41.9 Å². The first-order valence-corrected chi connectivity index (χ1v) is 17.1. The maximum atomic E-state index is 14.8. The third-order valence-electron chi connectivity index (χ3n) is 7.12. The largest absolute Gasteiger partial charge is 1.00 e. The quantitative estimate of drug-likeness (QED) is 0.0201. The molecule has 18 nitrogen and oxygen atoms in total. The molecule has 0 atom stereocenters. The van der Waals surface area contributed by atoms with E-state index in [0.29, 0.717) is 57.2 Å². The van der Waals surface area contributed by atoms with E-state index in [2.05, 4.69) is 58.9 Å². The van der Waals surface area contributed by atoms with Crippen molar-refractivity contribution in [1.82, 2.24) is 9.97 Å². The molecule has 1 heterocycles. The molecule has 27 heteroatoms. The van der Waals surface area contributed by atoms with Gasteiger partial charge in [-0.2, -0.15) is 27.4 Å². The first-order chi connectivity index (χ1) is 26.2. The monoisotopic (exact) mass is 947 g/mol. The summed E-state index contributed by atoms with van der Waals surface area (Å²) in [7, 11) is 0. The minimum atomic E-state index is -1.13. The molecule has 0 aliphatic rings. The summed E-state index contributed by atoms with van der Waals surface area (Å²) in [5, 5.41) is 78.7. The number of amides is 1. The van der Waals surface area contributed by atoms with Crippen LogP contribution in [0.25, 0.3) is 21.5 Å². The zero-order chi connectivity index (χ0) is 38.2. The second kappa shape index (κ2) is 25.5. The molecule has 6 rings (SSSR count). The molecule has 0 saturated heterocycles. The number of anilines is 3. The van der Waals surface area contributed by atoms with Crippen LogP contribution in [0.4, 0.5) is 33.2 Å². The standard InChI is InChI=1S/C31H20ClFN6O12S3.Cu.3Na/c32-23-28(33)35-31(37-30(42)14-4-2-1-3-5-14)36-29(23)34-17-7-6-15-11-21(53-50-47-44)25(26(40)20(15)13-17)39-38-24-19-9-8-18(52-49-46-43)10-16(19)12-22(27(24)41)54-51-48-45;;;;/h1-13,40-41,43-45H,(H2,34,35,36,37,42);;;;/q;;3*+1/p-3.